The van der Waals surface area contributed by atoms with Crippen molar-refractivity contribution in [2.24, 2.45) is 5.92 Å². The van der Waals surface area contributed by atoms with Gasteiger partial charge in [-0.2, -0.15) is 0 Å². The van der Waals surface area contributed by atoms with Crippen LogP contribution in [0.5, 0.6) is 0 Å². The summed E-state index contributed by atoms with van der Waals surface area (Å²) in [5, 5.41) is 19.9. The van der Waals surface area contributed by atoms with Gasteiger partial charge < -0.3 is 15.1 Å². The number of carbonyl (C=O) groups is 2. The van der Waals surface area contributed by atoms with Crippen molar-refractivity contribution in [2.45, 2.75) is 19.3 Å². The van der Waals surface area contributed by atoms with E-state index in [0.29, 0.717) is 6.42 Å². The number of carboxylic acid groups (broad SMARTS) is 2. The number of rotatable bonds is 9. The van der Waals surface area contributed by atoms with Crippen LogP contribution in [0.25, 0.3) is 10.8 Å². The maximum absolute atomic E-state index is 12.4. The minimum Gasteiger partial charge on any atom is -0.481 e. The van der Waals surface area contributed by atoms with Crippen LogP contribution in [0.1, 0.15) is 18.4 Å². The van der Waals surface area contributed by atoms with Crippen LogP contribution in [0.3, 0.4) is 0 Å². The topological polar surface area (TPSA) is 112 Å². The number of hydrogen-bond acceptors (Lipinski definition) is 3. The Morgan fingerprint density at radius 1 is 1.04 bits per heavy atom. The van der Waals surface area contributed by atoms with Gasteiger partial charge in [0.25, 0.3) is 0 Å². The van der Waals surface area contributed by atoms with Gasteiger partial charge in [-0.05, 0) is 29.2 Å². The van der Waals surface area contributed by atoms with E-state index >= 15 is 0 Å². The molecule has 0 bridgehead atoms. The van der Waals surface area contributed by atoms with E-state index in [1.165, 1.54) is 0 Å². The van der Waals surface area contributed by atoms with Crippen LogP contribution in [0.4, 0.5) is 0 Å². The van der Waals surface area contributed by atoms with Crippen LogP contribution in [0, 0.1) is 5.92 Å². The average molecular weight is 364 g/mol. The van der Waals surface area contributed by atoms with Crippen LogP contribution >= 0.6 is 7.37 Å². The molecule has 0 aromatic heterocycles. The molecule has 0 aliphatic rings. The molecule has 0 amide bonds. The molecule has 2 unspecified atom stereocenters. The largest absolute Gasteiger partial charge is 0.481 e. The zero-order valence-electron chi connectivity index (χ0n) is 13.7. The van der Waals surface area contributed by atoms with Gasteiger partial charge in [0.1, 0.15) is 0 Å². The number of benzene rings is 2. The number of fused-ring (bicyclic) bond motifs is 1. The molecule has 2 aromatic rings. The second kappa shape index (κ2) is 8.28. The van der Waals surface area contributed by atoms with Gasteiger partial charge in [0, 0.05) is 18.7 Å². The van der Waals surface area contributed by atoms with Crippen LogP contribution < -0.4 is 0 Å². The van der Waals surface area contributed by atoms with Gasteiger partial charge in [-0.1, -0.05) is 42.5 Å². The molecule has 7 heteroatoms. The second-order valence-electron chi connectivity index (χ2n) is 6.15. The molecule has 0 fully saturated rings. The summed E-state index contributed by atoms with van der Waals surface area (Å²) >= 11 is 0. The highest BCUT2D eigenvalue weighted by molar-refractivity contribution is 7.58. The smallest absolute Gasteiger partial charge is 0.307 e. The lowest BCUT2D eigenvalue weighted by atomic mass is 10.1. The van der Waals surface area contributed by atoms with Crippen molar-refractivity contribution in [1.29, 1.82) is 0 Å². The summed E-state index contributed by atoms with van der Waals surface area (Å²) in [5.41, 5.74) is 0.908. The summed E-state index contributed by atoms with van der Waals surface area (Å²) in [4.78, 5) is 31.9. The van der Waals surface area contributed by atoms with Crippen LogP contribution in [0.15, 0.2) is 42.5 Å². The monoisotopic (exact) mass is 364 g/mol. The Hall–Kier alpha value is -2.17. The van der Waals surface area contributed by atoms with Crippen LogP contribution in [-0.4, -0.2) is 39.4 Å². The molecule has 3 N–H and O–H groups in total. The molecular formula is C18H21O6P. The zero-order valence-corrected chi connectivity index (χ0v) is 14.6. The minimum atomic E-state index is -3.66. The van der Waals surface area contributed by atoms with E-state index in [1.54, 1.807) is 0 Å². The third-order valence-electron chi connectivity index (χ3n) is 4.13. The molecule has 25 heavy (non-hydrogen) atoms. The molecule has 2 aromatic carbocycles. The van der Waals surface area contributed by atoms with Crippen molar-refractivity contribution in [2.75, 3.05) is 12.3 Å². The third kappa shape index (κ3) is 6.00. The van der Waals surface area contributed by atoms with E-state index in [0.717, 1.165) is 16.3 Å². The second-order valence-corrected chi connectivity index (χ2v) is 8.66. The van der Waals surface area contributed by atoms with Crippen molar-refractivity contribution >= 4 is 30.1 Å². The molecule has 0 aliphatic carbocycles. The lowest BCUT2D eigenvalue weighted by Crippen LogP contribution is -2.20. The van der Waals surface area contributed by atoms with Gasteiger partial charge in [0.2, 0.25) is 7.37 Å². The van der Waals surface area contributed by atoms with Gasteiger partial charge in [-0.25, -0.2) is 0 Å². The molecule has 2 atom stereocenters. The number of aliphatic carboxylic acids is 2. The van der Waals surface area contributed by atoms with Gasteiger partial charge >= 0.3 is 11.9 Å². The summed E-state index contributed by atoms with van der Waals surface area (Å²) in [6, 6.07) is 13.6. The first-order chi connectivity index (χ1) is 11.8. The predicted molar refractivity (Wildman–Crippen MR) is 95.2 cm³/mol. The highest BCUT2D eigenvalue weighted by Crippen LogP contribution is 2.44. The highest BCUT2D eigenvalue weighted by Gasteiger charge is 2.29. The number of aryl methyl sites for hydroxylation is 1. The lowest BCUT2D eigenvalue weighted by Gasteiger charge is -2.17. The Bertz CT molecular complexity index is 816. The minimum absolute atomic E-state index is 0.0256. The van der Waals surface area contributed by atoms with Crippen molar-refractivity contribution in [3.8, 4) is 0 Å². The molecule has 6 nitrogen and oxygen atoms in total. The van der Waals surface area contributed by atoms with Gasteiger partial charge in [-0.3, -0.25) is 14.2 Å². The lowest BCUT2D eigenvalue weighted by molar-refractivity contribution is -0.142. The summed E-state index contributed by atoms with van der Waals surface area (Å²) in [7, 11) is -3.66. The predicted octanol–water partition coefficient (Wildman–Crippen LogP) is 3.22. The summed E-state index contributed by atoms with van der Waals surface area (Å²) in [6.45, 7) is 0. The average Bonchev–Trinajstić information content (AvgIpc) is 2.56. The fraction of sp³-hybridized carbons (Fsp3) is 0.333. The number of carboxylic acids is 2. The van der Waals surface area contributed by atoms with Gasteiger partial charge in [0.05, 0.1) is 5.92 Å². The standard InChI is InChI=1S/C18H21O6P/c19-17(20)8-7-16(18(21)22)12-25(23,24)10-9-13-5-6-14-3-1-2-4-15(14)11-13/h1-6,11,16H,7-10,12H2,(H,19,20)(H,21,22)(H,23,24). The SMILES string of the molecule is O=C(O)CCC(CP(=O)(O)CCc1ccc2ccccc2c1)C(=O)O. The summed E-state index contributed by atoms with van der Waals surface area (Å²) in [5.74, 6) is -3.47. The summed E-state index contributed by atoms with van der Waals surface area (Å²) < 4.78 is 12.4. The fourth-order valence-electron chi connectivity index (χ4n) is 2.72. The maximum atomic E-state index is 12.4. The normalized spacial score (nSPS) is 14.8. The molecule has 0 radical (unpaired) electrons. The molecule has 134 valence electrons. The molecule has 2 rings (SSSR count). The first kappa shape index (κ1) is 19.2. The van der Waals surface area contributed by atoms with Crippen molar-refractivity contribution in [1.82, 2.24) is 0 Å². The van der Waals surface area contributed by atoms with Crippen molar-refractivity contribution in [3.63, 3.8) is 0 Å². The molecular weight excluding hydrogens is 343 g/mol. The van der Waals surface area contributed by atoms with Crippen molar-refractivity contribution in [3.05, 3.63) is 48.0 Å². The Kier molecular flexibility index (Phi) is 6.34. The van der Waals surface area contributed by atoms with E-state index in [1.807, 2.05) is 42.5 Å². The fourth-order valence-corrected chi connectivity index (χ4v) is 4.54. The van der Waals surface area contributed by atoms with E-state index in [4.69, 9.17) is 10.2 Å². The Labute approximate surface area is 145 Å². The molecule has 0 aliphatic heterocycles. The highest BCUT2D eigenvalue weighted by atomic mass is 31.2. The zero-order chi connectivity index (χ0) is 18.4. The van der Waals surface area contributed by atoms with Gasteiger partial charge in [-0.15, -0.1) is 0 Å². The van der Waals surface area contributed by atoms with Crippen molar-refractivity contribution < 1.29 is 29.3 Å². The maximum Gasteiger partial charge on any atom is 0.307 e. The van der Waals surface area contributed by atoms with Crippen LogP contribution in [0.2, 0.25) is 0 Å². The molecule has 0 spiro atoms. The Balaban J connectivity index is 1.99. The first-order valence-electron chi connectivity index (χ1n) is 8.00. The van der Waals surface area contributed by atoms with E-state index in [-0.39, 0.29) is 19.0 Å². The summed E-state index contributed by atoms with van der Waals surface area (Å²) in [6.07, 6.45) is -0.540. The molecule has 0 heterocycles. The Morgan fingerprint density at radius 3 is 2.36 bits per heavy atom. The third-order valence-corrected chi connectivity index (χ3v) is 6.06. The van der Waals surface area contributed by atoms with Gasteiger partial charge in [0.15, 0.2) is 0 Å². The van der Waals surface area contributed by atoms with E-state index < -0.39 is 31.4 Å². The number of hydrogen-bond donors (Lipinski definition) is 3. The molecule has 0 saturated heterocycles. The Morgan fingerprint density at radius 2 is 1.72 bits per heavy atom. The molecule has 0 saturated carbocycles. The van der Waals surface area contributed by atoms with E-state index in [9.17, 15) is 19.0 Å². The van der Waals surface area contributed by atoms with Crippen LogP contribution in [-0.2, 0) is 20.6 Å². The first-order valence-corrected chi connectivity index (χ1v) is 10.0. The van der Waals surface area contributed by atoms with E-state index in [2.05, 4.69) is 0 Å². The quantitative estimate of drug-likeness (QED) is 0.589.